The highest BCUT2D eigenvalue weighted by Crippen LogP contribution is 2.08. The van der Waals surface area contributed by atoms with Gasteiger partial charge in [-0.2, -0.15) is 5.43 Å². The summed E-state index contributed by atoms with van der Waals surface area (Å²) in [4.78, 5) is 19.4. The Morgan fingerprint density at radius 3 is 2.44 bits per heavy atom. The highest BCUT2D eigenvalue weighted by molar-refractivity contribution is 7.61. The third-order valence-electron chi connectivity index (χ3n) is 2.37. The molecule has 2 aromatic heterocycles. The summed E-state index contributed by atoms with van der Waals surface area (Å²) in [6.45, 7) is 3.62. The number of nitrogens with two attached hydrogens (primary N) is 1. The molecule has 2 heterocycles. The fraction of sp³-hybridized carbons (Fsp3) is 0.231. The minimum absolute atomic E-state index is 0.259. The van der Waals surface area contributed by atoms with Crippen LogP contribution in [-0.4, -0.2) is 37.4 Å². The smallest absolute Gasteiger partial charge is 0.465 e. The quantitative estimate of drug-likeness (QED) is 0.218. The molecule has 0 aliphatic heterocycles. The molecule has 2 rings (SSSR count). The van der Waals surface area contributed by atoms with Crippen molar-refractivity contribution >= 4 is 39.7 Å². The minimum Gasteiger partial charge on any atom is -0.465 e. The summed E-state index contributed by atoms with van der Waals surface area (Å²) in [5, 5.41) is 1.84. The maximum atomic E-state index is 10.7. The van der Waals surface area contributed by atoms with Crippen molar-refractivity contribution in [3.63, 3.8) is 0 Å². The van der Waals surface area contributed by atoms with E-state index in [1.54, 1.807) is 12.1 Å². The van der Waals surface area contributed by atoms with Gasteiger partial charge in [-0.3, -0.25) is 5.73 Å². The predicted molar refractivity (Wildman–Crippen MR) is 94.2 cm³/mol. The molecule has 0 spiro atoms. The zero-order valence-corrected chi connectivity index (χ0v) is 15.3. The Kier molecular flexibility index (Phi) is 8.06. The highest BCUT2D eigenvalue weighted by Gasteiger charge is 2.04. The summed E-state index contributed by atoms with van der Waals surface area (Å²) < 4.78 is 27.8. The molecular weight excluding hydrogens is 368 g/mol. The summed E-state index contributed by atoms with van der Waals surface area (Å²) in [6.07, 6.45) is 0. The average molecular weight is 385 g/mol. The van der Waals surface area contributed by atoms with Gasteiger partial charge in [0.2, 0.25) is 0 Å². The summed E-state index contributed by atoms with van der Waals surface area (Å²) >= 11 is 1.38. The van der Waals surface area contributed by atoms with Crippen molar-refractivity contribution in [1.82, 2.24) is 19.4 Å². The Bertz CT molecular complexity index is 861. The number of hydrogen-bond donors (Lipinski definition) is 3. The zero-order chi connectivity index (χ0) is 18.8. The van der Waals surface area contributed by atoms with Gasteiger partial charge in [0.25, 0.3) is 5.95 Å². The first-order valence-electron chi connectivity index (χ1n) is 6.71. The van der Waals surface area contributed by atoms with Crippen LogP contribution in [0.4, 0.5) is 5.95 Å². The summed E-state index contributed by atoms with van der Waals surface area (Å²) in [5.41, 5.74) is 11.7. The lowest BCUT2D eigenvalue weighted by atomic mass is 10.4. The third kappa shape index (κ3) is 7.92. The van der Waals surface area contributed by atoms with E-state index >= 15 is 0 Å². The van der Waals surface area contributed by atoms with Crippen LogP contribution >= 0.6 is 11.3 Å². The molecule has 25 heavy (non-hydrogen) atoms. The first kappa shape index (κ1) is 20.1. The number of guanidine groups is 1. The van der Waals surface area contributed by atoms with Crippen LogP contribution in [0.15, 0.2) is 23.6 Å². The largest absolute Gasteiger partial charge is 0.477 e. The second-order valence-electron chi connectivity index (χ2n) is 4.39. The van der Waals surface area contributed by atoms with E-state index < -0.39 is 10.5 Å². The first-order chi connectivity index (χ1) is 11.8. The van der Waals surface area contributed by atoms with E-state index in [0.29, 0.717) is 4.88 Å². The van der Waals surface area contributed by atoms with Crippen molar-refractivity contribution in [2.24, 2.45) is 5.73 Å². The lowest BCUT2D eigenvalue weighted by Crippen LogP contribution is -2.38. The van der Waals surface area contributed by atoms with Crippen LogP contribution in [0.25, 0.3) is 0 Å². The Labute approximate surface area is 149 Å². The van der Waals surface area contributed by atoms with E-state index in [-0.39, 0.29) is 17.9 Å². The van der Waals surface area contributed by atoms with Gasteiger partial charge in [-0.15, -0.1) is 23.8 Å². The number of aromatic nitrogens is 2. The van der Waals surface area contributed by atoms with E-state index in [1.807, 2.05) is 25.3 Å². The molecule has 0 bridgehead atoms. The Balaban J connectivity index is 0.000000293. The number of carbonyl (C=O) groups excluding carboxylic acids is 1. The van der Waals surface area contributed by atoms with Crippen molar-refractivity contribution in [3.8, 4) is 0 Å². The van der Waals surface area contributed by atoms with Gasteiger partial charge in [0.1, 0.15) is 4.88 Å². The van der Waals surface area contributed by atoms with Crippen molar-refractivity contribution in [3.05, 3.63) is 39.8 Å². The summed E-state index contributed by atoms with van der Waals surface area (Å²) in [6, 6.07) is 5.35. The standard InChI is InChI=1S/C7H10N6O2S.C6H6O2S/c1-4-3-5(2)10-7(9-4)12-11-6(8)13-16(14)15;1-8-6(7)5-3-2-4-9-5/h3H,1-2H3,(H3,8,9,10,11,12);2-4H,1H3/p+1. The minimum atomic E-state index is -2.59. The monoisotopic (exact) mass is 385 g/mol. The van der Waals surface area contributed by atoms with Gasteiger partial charge in [-0.1, -0.05) is 6.07 Å². The Morgan fingerprint density at radius 2 is 1.96 bits per heavy atom. The zero-order valence-electron chi connectivity index (χ0n) is 13.7. The Hall–Kier alpha value is -2.95. The molecule has 0 radical (unpaired) electrons. The van der Waals surface area contributed by atoms with Crippen molar-refractivity contribution in [2.45, 2.75) is 13.8 Å². The second kappa shape index (κ2) is 10.0. The van der Waals surface area contributed by atoms with Crippen molar-refractivity contribution in [2.75, 3.05) is 12.5 Å². The number of carbonyl (C=O) groups is 1. The third-order valence-corrected chi connectivity index (χ3v) is 3.56. The average Bonchev–Trinajstić information content (AvgIpc) is 3.06. The van der Waals surface area contributed by atoms with Crippen LogP contribution < -0.4 is 20.6 Å². The normalized spacial score (nSPS) is 9.08. The molecule has 12 heteroatoms. The fourth-order valence-electron chi connectivity index (χ4n) is 1.50. The maximum Gasteiger partial charge on any atom is 0.477 e. The van der Waals surface area contributed by atoms with Gasteiger partial charge in [0, 0.05) is 11.4 Å². The van der Waals surface area contributed by atoms with E-state index in [4.69, 9.17) is 5.73 Å². The maximum absolute atomic E-state index is 10.7. The van der Waals surface area contributed by atoms with E-state index in [1.165, 1.54) is 18.4 Å². The van der Waals surface area contributed by atoms with Gasteiger partial charge >= 0.3 is 22.4 Å². The number of thiophene rings is 1. The van der Waals surface area contributed by atoms with Gasteiger partial charge in [-0.25, -0.2) is 20.2 Å². The van der Waals surface area contributed by atoms with Crippen molar-refractivity contribution < 1.29 is 17.9 Å². The van der Waals surface area contributed by atoms with Gasteiger partial charge in [0.15, 0.2) is 0 Å². The molecule has 0 amide bonds. The molecule has 0 saturated carbocycles. The molecule has 0 atom stereocenters. The molecule has 0 aromatic carbocycles. The number of nitrogens with one attached hydrogen (secondary N) is 2. The predicted octanol–water partition coefficient (Wildman–Crippen LogP) is -0.0108. The number of rotatable bonds is 3. The molecular formula is C13H17N6O4S2+. The van der Waals surface area contributed by atoms with Crippen LogP contribution in [0.5, 0.6) is 0 Å². The fourth-order valence-corrected chi connectivity index (χ4v) is 2.35. The topological polar surface area (TPSA) is 150 Å². The number of nitrogens with zero attached hydrogens (tertiary/aromatic N) is 3. The van der Waals surface area contributed by atoms with Crippen LogP contribution in [0.1, 0.15) is 21.1 Å². The molecule has 0 fully saturated rings. The van der Waals surface area contributed by atoms with Crippen molar-refractivity contribution in [1.29, 1.82) is 0 Å². The van der Waals surface area contributed by atoms with E-state index in [9.17, 15) is 13.2 Å². The molecule has 0 unspecified atom stereocenters. The SMILES string of the molecule is COC(=O)c1cccs1.Cc1cc(C)nc(NNC(N)=[N+]=S(=O)=O)n1. The van der Waals surface area contributed by atoms with Gasteiger partial charge in [0.05, 0.1) is 7.11 Å². The molecule has 0 saturated heterocycles. The molecule has 134 valence electrons. The number of hydrazine groups is 1. The van der Waals surface area contributed by atoms with Gasteiger partial charge < -0.3 is 4.74 Å². The molecule has 4 N–H and O–H groups in total. The number of esters is 1. The highest BCUT2D eigenvalue weighted by atomic mass is 32.2. The number of methoxy groups -OCH3 is 1. The summed E-state index contributed by atoms with van der Waals surface area (Å²) in [7, 11) is -1.22. The number of anilines is 1. The van der Waals surface area contributed by atoms with Crippen LogP contribution in [0.2, 0.25) is 0 Å². The van der Waals surface area contributed by atoms with E-state index in [2.05, 4.69) is 29.6 Å². The van der Waals surface area contributed by atoms with Gasteiger partial charge in [-0.05, 0) is 31.4 Å². The summed E-state index contributed by atoms with van der Waals surface area (Å²) in [5.74, 6) is -0.270. The molecule has 0 aliphatic carbocycles. The first-order valence-corrected chi connectivity index (χ1v) is 8.62. The molecule has 0 aliphatic rings. The number of hydrogen-bond acceptors (Lipinski definition) is 8. The lowest BCUT2D eigenvalue weighted by molar-refractivity contribution is 0.0606. The van der Waals surface area contributed by atoms with Crippen LogP contribution in [0.3, 0.4) is 0 Å². The van der Waals surface area contributed by atoms with E-state index in [0.717, 1.165) is 11.4 Å². The van der Waals surface area contributed by atoms with Crippen LogP contribution in [0, 0.1) is 13.8 Å². The second-order valence-corrected chi connectivity index (χ2v) is 5.95. The van der Waals surface area contributed by atoms with Crippen LogP contribution in [-0.2, 0) is 15.2 Å². The number of aryl methyl sites for hydroxylation is 2. The Morgan fingerprint density at radius 1 is 1.32 bits per heavy atom. The molecule has 2 aromatic rings. The number of ether oxygens (including phenoxy) is 1. The molecule has 10 nitrogen and oxygen atoms in total. The lowest BCUT2D eigenvalue weighted by Gasteiger charge is -2.02.